The van der Waals surface area contributed by atoms with Gasteiger partial charge in [0.15, 0.2) is 11.4 Å². The Hall–Kier alpha value is -2.95. The molecule has 4 rings (SSSR count). The number of aromatic amines is 2. The SMILES string of the molecule is CC(C)(C)C(=O)c1c[nH]c2ncc(-c3c[nH]c4ccccc34)nc12. The van der Waals surface area contributed by atoms with E-state index in [1.165, 1.54) is 0 Å². The van der Waals surface area contributed by atoms with Crippen LogP contribution in [0.1, 0.15) is 31.1 Å². The van der Waals surface area contributed by atoms with Gasteiger partial charge in [-0.1, -0.05) is 39.0 Å². The molecule has 0 fully saturated rings. The van der Waals surface area contributed by atoms with Crippen LogP contribution < -0.4 is 0 Å². The highest BCUT2D eigenvalue weighted by molar-refractivity contribution is 6.08. The number of benzene rings is 1. The van der Waals surface area contributed by atoms with Gasteiger partial charge in [0.05, 0.1) is 17.5 Å². The second-order valence-corrected chi connectivity index (χ2v) is 6.98. The summed E-state index contributed by atoms with van der Waals surface area (Å²) in [5.41, 5.74) is 4.16. The summed E-state index contributed by atoms with van der Waals surface area (Å²) < 4.78 is 0. The number of nitrogens with one attached hydrogen (secondary N) is 2. The molecule has 0 aliphatic heterocycles. The highest BCUT2D eigenvalue weighted by atomic mass is 16.1. The van der Waals surface area contributed by atoms with Crippen LogP contribution in [0, 0.1) is 5.41 Å². The van der Waals surface area contributed by atoms with E-state index in [-0.39, 0.29) is 5.78 Å². The molecule has 4 aromatic rings. The molecular weight excluding hydrogens is 300 g/mol. The molecule has 5 heteroatoms. The third-order valence-corrected chi connectivity index (χ3v) is 4.17. The lowest BCUT2D eigenvalue weighted by Crippen LogP contribution is -2.20. The van der Waals surface area contributed by atoms with Crippen molar-refractivity contribution in [3.63, 3.8) is 0 Å². The summed E-state index contributed by atoms with van der Waals surface area (Å²) in [6.45, 7) is 5.72. The van der Waals surface area contributed by atoms with E-state index in [0.29, 0.717) is 16.7 Å². The van der Waals surface area contributed by atoms with Gasteiger partial charge in [-0.2, -0.15) is 0 Å². The second-order valence-electron chi connectivity index (χ2n) is 6.98. The Morgan fingerprint density at radius 2 is 1.88 bits per heavy atom. The molecule has 0 saturated heterocycles. The van der Waals surface area contributed by atoms with Crippen LogP contribution in [0.3, 0.4) is 0 Å². The first-order chi connectivity index (χ1) is 11.4. The van der Waals surface area contributed by atoms with Crippen molar-refractivity contribution in [1.82, 2.24) is 19.9 Å². The second kappa shape index (κ2) is 5.03. The number of Topliss-reactive ketones (excluding diaryl/α,β-unsaturated/α-hetero) is 1. The molecule has 5 nitrogen and oxygen atoms in total. The molecule has 0 saturated carbocycles. The van der Waals surface area contributed by atoms with Crippen LogP contribution in [0.15, 0.2) is 42.9 Å². The molecule has 3 aromatic heterocycles. The summed E-state index contributed by atoms with van der Waals surface area (Å²) in [5.74, 6) is 0.0547. The maximum atomic E-state index is 12.7. The summed E-state index contributed by atoms with van der Waals surface area (Å²) in [6, 6.07) is 8.06. The van der Waals surface area contributed by atoms with Gasteiger partial charge in [-0.3, -0.25) is 4.79 Å². The Balaban J connectivity index is 1.91. The Morgan fingerprint density at radius 3 is 2.67 bits per heavy atom. The van der Waals surface area contributed by atoms with E-state index in [2.05, 4.69) is 15.0 Å². The molecule has 0 aliphatic carbocycles. The van der Waals surface area contributed by atoms with Crippen molar-refractivity contribution >= 4 is 27.9 Å². The maximum Gasteiger partial charge on any atom is 0.171 e. The fourth-order valence-electron chi connectivity index (χ4n) is 2.88. The topological polar surface area (TPSA) is 74.4 Å². The minimum Gasteiger partial charge on any atom is -0.360 e. The number of hydrogen-bond donors (Lipinski definition) is 2. The van der Waals surface area contributed by atoms with Gasteiger partial charge < -0.3 is 9.97 Å². The van der Waals surface area contributed by atoms with Gasteiger partial charge in [0.2, 0.25) is 0 Å². The molecule has 0 atom stereocenters. The molecular formula is C19H18N4O. The standard InChI is InChI=1S/C19H18N4O/c1-19(2,3)17(24)13-9-21-18-16(13)23-15(10-22-18)12-8-20-14-7-5-4-6-11(12)14/h4-10,20H,1-3H3,(H,21,22). The molecule has 0 spiro atoms. The Morgan fingerprint density at radius 1 is 1.08 bits per heavy atom. The van der Waals surface area contributed by atoms with Crippen LogP contribution in [0.25, 0.3) is 33.3 Å². The van der Waals surface area contributed by atoms with Crippen molar-refractivity contribution in [3.8, 4) is 11.3 Å². The first-order valence-electron chi connectivity index (χ1n) is 7.90. The normalized spacial score (nSPS) is 12.1. The number of carbonyl (C=O) groups excluding carboxylic acids is 1. The summed E-state index contributed by atoms with van der Waals surface area (Å²) in [7, 11) is 0. The average Bonchev–Trinajstić information content (AvgIpc) is 3.16. The van der Waals surface area contributed by atoms with Crippen molar-refractivity contribution in [2.75, 3.05) is 0 Å². The Labute approximate surface area is 139 Å². The Bertz CT molecular complexity index is 1070. The van der Waals surface area contributed by atoms with Crippen LogP contribution in [0.4, 0.5) is 0 Å². The quantitative estimate of drug-likeness (QED) is 0.540. The molecule has 0 unspecified atom stereocenters. The number of fused-ring (bicyclic) bond motifs is 2. The van der Waals surface area contributed by atoms with Crippen LogP contribution in [-0.4, -0.2) is 25.7 Å². The van der Waals surface area contributed by atoms with E-state index in [0.717, 1.165) is 22.2 Å². The first kappa shape index (κ1) is 14.6. The zero-order chi connectivity index (χ0) is 16.9. The number of rotatable bonds is 2. The smallest absolute Gasteiger partial charge is 0.171 e. The highest BCUT2D eigenvalue weighted by Crippen LogP contribution is 2.30. The van der Waals surface area contributed by atoms with Crippen molar-refractivity contribution in [3.05, 3.63) is 48.4 Å². The van der Waals surface area contributed by atoms with E-state index in [1.807, 2.05) is 51.2 Å². The van der Waals surface area contributed by atoms with Gasteiger partial charge >= 0.3 is 0 Å². The van der Waals surface area contributed by atoms with E-state index in [4.69, 9.17) is 4.98 Å². The number of carbonyl (C=O) groups is 1. The van der Waals surface area contributed by atoms with Crippen molar-refractivity contribution < 1.29 is 4.79 Å². The fraction of sp³-hybridized carbons (Fsp3) is 0.211. The Kier molecular flexibility index (Phi) is 3.06. The zero-order valence-electron chi connectivity index (χ0n) is 13.8. The van der Waals surface area contributed by atoms with Crippen molar-refractivity contribution in [2.45, 2.75) is 20.8 Å². The third kappa shape index (κ3) is 2.21. The largest absolute Gasteiger partial charge is 0.360 e. The lowest BCUT2D eigenvalue weighted by atomic mass is 9.87. The molecule has 3 heterocycles. The molecule has 0 radical (unpaired) electrons. The molecule has 0 bridgehead atoms. The van der Waals surface area contributed by atoms with Crippen LogP contribution >= 0.6 is 0 Å². The van der Waals surface area contributed by atoms with Crippen LogP contribution in [0.5, 0.6) is 0 Å². The predicted octanol–water partition coefficient (Wildman–Crippen LogP) is 4.34. The number of H-pyrrole nitrogens is 2. The predicted molar refractivity (Wildman–Crippen MR) is 95.0 cm³/mol. The molecule has 1 aromatic carbocycles. The lowest BCUT2D eigenvalue weighted by Gasteiger charge is -2.15. The molecule has 120 valence electrons. The summed E-state index contributed by atoms with van der Waals surface area (Å²) >= 11 is 0. The number of hydrogen-bond acceptors (Lipinski definition) is 3. The van der Waals surface area contributed by atoms with Gasteiger partial charge in [0.25, 0.3) is 0 Å². The minimum atomic E-state index is -0.465. The summed E-state index contributed by atoms with van der Waals surface area (Å²) in [5, 5.41) is 1.09. The molecule has 0 aliphatic rings. The van der Waals surface area contributed by atoms with Gasteiger partial charge in [-0.05, 0) is 6.07 Å². The highest BCUT2D eigenvalue weighted by Gasteiger charge is 2.26. The third-order valence-electron chi connectivity index (χ3n) is 4.17. The van der Waals surface area contributed by atoms with Gasteiger partial charge in [-0.25, -0.2) is 9.97 Å². The van der Waals surface area contributed by atoms with E-state index < -0.39 is 5.41 Å². The maximum absolute atomic E-state index is 12.7. The summed E-state index contributed by atoms with van der Waals surface area (Å²) in [6.07, 6.45) is 5.37. The van der Waals surface area contributed by atoms with Gasteiger partial charge in [0, 0.05) is 34.3 Å². The molecule has 0 amide bonds. The average molecular weight is 318 g/mol. The number of ketones is 1. The van der Waals surface area contributed by atoms with Crippen molar-refractivity contribution in [1.29, 1.82) is 0 Å². The van der Waals surface area contributed by atoms with Gasteiger partial charge in [-0.15, -0.1) is 0 Å². The fourth-order valence-corrected chi connectivity index (χ4v) is 2.88. The van der Waals surface area contributed by atoms with E-state index >= 15 is 0 Å². The van der Waals surface area contributed by atoms with Crippen LogP contribution in [-0.2, 0) is 0 Å². The van der Waals surface area contributed by atoms with Crippen molar-refractivity contribution in [2.24, 2.45) is 5.41 Å². The minimum absolute atomic E-state index is 0.0547. The summed E-state index contributed by atoms with van der Waals surface area (Å²) in [4.78, 5) is 28.1. The van der Waals surface area contributed by atoms with E-state index in [1.54, 1.807) is 12.4 Å². The van der Waals surface area contributed by atoms with Gasteiger partial charge in [0.1, 0.15) is 5.52 Å². The zero-order valence-corrected chi connectivity index (χ0v) is 13.8. The molecule has 2 N–H and O–H groups in total. The number of nitrogens with zero attached hydrogens (tertiary/aromatic N) is 2. The first-order valence-corrected chi connectivity index (χ1v) is 7.90. The lowest BCUT2D eigenvalue weighted by molar-refractivity contribution is 0.0860. The monoisotopic (exact) mass is 318 g/mol. The van der Waals surface area contributed by atoms with E-state index in [9.17, 15) is 4.79 Å². The number of aromatic nitrogens is 4. The molecule has 24 heavy (non-hydrogen) atoms. The number of para-hydroxylation sites is 1. The van der Waals surface area contributed by atoms with Crippen LogP contribution in [0.2, 0.25) is 0 Å².